The molecular formula is C16H17N3OS. The van der Waals surface area contributed by atoms with Crippen molar-refractivity contribution >= 4 is 23.3 Å². The molecule has 0 bridgehead atoms. The summed E-state index contributed by atoms with van der Waals surface area (Å²) in [6.07, 6.45) is 1.81. The summed E-state index contributed by atoms with van der Waals surface area (Å²) in [6.45, 7) is 5.32. The van der Waals surface area contributed by atoms with Crippen molar-refractivity contribution in [3.63, 3.8) is 0 Å². The van der Waals surface area contributed by atoms with Gasteiger partial charge in [-0.3, -0.25) is 4.98 Å². The van der Waals surface area contributed by atoms with E-state index in [1.54, 1.807) is 0 Å². The minimum atomic E-state index is 0.629. The van der Waals surface area contributed by atoms with E-state index in [4.69, 9.17) is 17.0 Å². The van der Waals surface area contributed by atoms with Gasteiger partial charge in [-0.1, -0.05) is 12.1 Å². The highest BCUT2D eigenvalue weighted by Gasteiger charge is 2.10. The summed E-state index contributed by atoms with van der Waals surface area (Å²) in [6, 6.07) is 9.99. The molecule has 1 N–H and O–H groups in total. The second-order valence-corrected chi connectivity index (χ2v) is 5.25. The Hall–Kier alpha value is -2.14. The molecule has 0 unspecified atom stereocenters. The van der Waals surface area contributed by atoms with Gasteiger partial charge in [0.15, 0.2) is 4.77 Å². The van der Waals surface area contributed by atoms with Crippen LogP contribution in [0.25, 0.3) is 11.0 Å². The summed E-state index contributed by atoms with van der Waals surface area (Å²) >= 11 is 5.46. The predicted octanol–water partition coefficient (Wildman–Crippen LogP) is 3.85. The number of aromatic nitrogens is 3. The van der Waals surface area contributed by atoms with Gasteiger partial charge in [-0.15, -0.1) is 0 Å². The van der Waals surface area contributed by atoms with Gasteiger partial charge in [-0.2, -0.15) is 0 Å². The second kappa shape index (κ2) is 5.69. The van der Waals surface area contributed by atoms with Crippen molar-refractivity contribution in [2.75, 3.05) is 6.61 Å². The van der Waals surface area contributed by atoms with Crippen molar-refractivity contribution in [3.8, 4) is 5.75 Å². The molecule has 0 spiro atoms. The number of nitrogens with one attached hydrogen (secondary N) is 1. The summed E-state index contributed by atoms with van der Waals surface area (Å²) in [5, 5.41) is 0. The summed E-state index contributed by atoms with van der Waals surface area (Å²) in [5.41, 5.74) is 4.17. The SMILES string of the molecule is CCOc1cccc2c1[nH]c(=S)n2Cc1ncccc1C. The minimum absolute atomic E-state index is 0.629. The molecule has 108 valence electrons. The molecular weight excluding hydrogens is 282 g/mol. The summed E-state index contributed by atoms with van der Waals surface area (Å²) in [4.78, 5) is 7.69. The number of para-hydroxylation sites is 1. The van der Waals surface area contributed by atoms with Crippen molar-refractivity contribution in [2.24, 2.45) is 0 Å². The fourth-order valence-corrected chi connectivity index (χ4v) is 2.69. The Morgan fingerprint density at radius 3 is 2.90 bits per heavy atom. The van der Waals surface area contributed by atoms with Crippen molar-refractivity contribution in [1.82, 2.24) is 14.5 Å². The molecule has 0 atom stereocenters. The third kappa shape index (κ3) is 2.56. The smallest absolute Gasteiger partial charge is 0.178 e. The lowest BCUT2D eigenvalue weighted by Gasteiger charge is -2.08. The summed E-state index contributed by atoms with van der Waals surface area (Å²) in [5.74, 6) is 0.831. The number of hydrogen-bond donors (Lipinski definition) is 1. The molecule has 21 heavy (non-hydrogen) atoms. The van der Waals surface area contributed by atoms with E-state index in [1.807, 2.05) is 37.4 Å². The van der Waals surface area contributed by atoms with Crippen molar-refractivity contribution in [2.45, 2.75) is 20.4 Å². The molecule has 4 nitrogen and oxygen atoms in total. The molecule has 0 aliphatic heterocycles. The van der Waals surface area contributed by atoms with Crippen LogP contribution in [-0.4, -0.2) is 21.1 Å². The maximum Gasteiger partial charge on any atom is 0.178 e. The zero-order valence-corrected chi connectivity index (χ0v) is 12.9. The molecule has 0 aliphatic rings. The Morgan fingerprint density at radius 2 is 2.14 bits per heavy atom. The maximum absolute atomic E-state index is 5.65. The molecule has 0 saturated carbocycles. The third-order valence-electron chi connectivity index (χ3n) is 3.50. The molecule has 2 heterocycles. The van der Waals surface area contributed by atoms with Crippen LogP contribution in [0.5, 0.6) is 5.75 Å². The number of aryl methyl sites for hydroxylation is 1. The Morgan fingerprint density at radius 1 is 1.29 bits per heavy atom. The molecule has 0 aliphatic carbocycles. The lowest BCUT2D eigenvalue weighted by atomic mass is 10.2. The van der Waals surface area contributed by atoms with Gasteiger partial charge in [0.1, 0.15) is 11.3 Å². The third-order valence-corrected chi connectivity index (χ3v) is 3.82. The van der Waals surface area contributed by atoms with Gasteiger partial charge in [0.2, 0.25) is 0 Å². The molecule has 3 aromatic rings. The van der Waals surface area contributed by atoms with Gasteiger partial charge in [0, 0.05) is 6.20 Å². The average molecular weight is 299 g/mol. The van der Waals surface area contributed by atoms with Gasteiger partial charge < -0.3 is 14.3 Å². The van der Waals surface area contributed by atoms with E-state index in [0.29, 0.717) is 17.9 Å². The quantitative estimate of drug-likeness (QED) is 0.744. The first kappa shape index (κ1) is 13.8. The number of fused-ring (bicyclic) bond motifs is 1. The number of ether oxygens (including phenoxy) is 1. The number of H-pyrrole nitrogens is 1. The van der Waals surface area contributed by atoms with Gasteiger partial charge in [-0.05, 0) is 49.8 Å². The van der Waals surface area contributed by atoms with Crippen LogP contribution in [0.3, 0.4) is 0 Å². The Kier molecular flexibility index (Phi) is 3.75. The molecule has 0 saturated heterocycles. The Labute approximate surface area is 128 Å². The fourth-order valence-electron chi connectivity index (χ4n) is 2.42. The van der Waals surface area contributed by atoms with Gasteiger partial charge in [0.05, 0.1) is 24.4 Å². The first-order valence-electron chi connectivity index (χ1n) is 6.95. The largest absolute Gasteiger partial charge is 0.492 e. The van der Waals surface area contributed by atoms with E-state index in [0.717, 1.165) is 28.0 Å². The number of aromatic amines is 1. The standard InChI is InChI=1S/C16H17N3OS/c1-3-20-14-8-4-7-13-15(14)18-16(21)19(13)10-12-11(2)6-5-9-17-12/h4-9H,3,10H2,1-2H3,(H,18,21). The molecule has 3 rings (SSSR count). The van der Waals surface area contributed by atoms with Crippen LogP contribution in [0.2, 0.25) is 0 Å². The monoisotopic (exact) mass is 299 g/mol. The summed E-state index contributed by atoms with van der Waals surface area (Å²) < 4.78 is 8.40. The van der Waals surface area contributed by atoms with Gasteiger partial charge in [0.25, 0.3) is 0 Å². The highest BCUT2D eigenvalue weighted by atomic mass is 32.1. The molecule has 0 radical (unpaired) electrons. The molecule has 2 aromatic heterocycles. The summed E-state index contributed by atoms with van der Waals surface area (Å²) in [7, 11) is 0. The van der Waals surface area contributed by atoms with Crippen molar-refractivity contribution in [1.29, 1.82) is 0 Å². The van der Waals surface area contributed by atoms with E-state index in [-0.39, 0.29) is 0 Å². The molecule has 0 fully saturated rings. The number of imidazole rings is 1. The predicted molar refractivity (Wildman–Crippen MR) is 86.4 cm³/mol. The van der Waals surface area contributed by atoms with Crippen LogP contribution in [0, 0.1) is 11.7 Å². The highest BCUT2D eigenvalue weighted by molar-refractivity contribution is 7.71. The zero-order valence-electron chi connectivity index (χ0n) is 12.1. The van der Waals surface area contributed by atoms with Gasteiger partial charge in [-0.25, -0.2) is 0 Å². The molecule has 5 heteroatoms. The van der Waals surface area contributed by atoms with Crippen LogP contribution in [0.15, 0.2) is 36.5 Å². The van der Waals surface area contributed by atoms with E-state index in [1.165, 1.54) is 0 Å². The fraction of sp³-hybridized carbons (Fsp3) is 0.250. The highest BCUT2D eigenvalue weighted by Crippen LogP contribution is 2.25. The van der Waals surface area contributed by atoms with Crippen molar-refractivity contribution in [3.05, 3.63) is 52.6 Å². The lowest BCUT2D eigenvalue weighted by molar-refractivity contribution is 0.343. The normalized spacial score (nSPS) is 11.0. The number of benzene rings is 1. The van der Waals surface area contributed by atoms with Crippen molar-refractivity contribution < 1.29 is 4.74 Å². The minimum Gasteiger partial charge on any atom is -0.492 e. The van der Waals surface area contributed by atoms with Gasteiger partial charge >= 0.3 is 0 Å². The number of rotatable bonds is 4. The topological polar surface area (TPSA) is 42.8 Å². The first-order chi connectivity index (χ1) is 10.2. The maximum atomic E-state index is 5.65. The number of hydrogen-bond acceptors (Lipinski definition) is 3. The average Bonchev–Trinajstić information content (AvgIpc) is 2.79. The number of pyridine rings is 1. The zero-order chi connectivity index (χ0) is 14.8. The molecule has 1 aromatic carbocycles. The van der Waals surface area contributed by atoms with E-state index < -0.39 is 0 Å². The second-order valence-electron chi connectivity index (χ2n) is 4.87. The number of nitrogens with zero attached hydrogens (tertiary/aromatic N) is 2. The Balaban J connectivity index is 2.11. The van der Waals surface area contributed by atoms with E-state index >= 15 is 0 Å². The first-order valence-corrected chi connectivity index (χ1v) is 7.36. The molecule has 0 amide bonds. The van der Waals surface area contributed by atoms with E-state index in [2.05, 4.69) is 27.5 Å². The lowest BCUT2D eigenvalue weighted by Crippen LogP contribution is -2.03. The van der Waals surface area contributed by atoms with Crippen LogP contribution in [0.1, 0.15) is 18.2 Å². The van der Waals surface area contributed by atoms with Crippen LogP contribution >= 0.6 is 12.2 Å². The Bertz CT molecular complexity index is 835. The van der Waals surface area contributed by atoms with Crippen LogP contribution in [-0.2, 0) is 6.54 Å². The van der Waals surface area contributed by atoms with E-state index in [9.17, 15) is 0 Å². The van der Waals surface area contributed by atoms with Crippen LogP contribution < -0.4 is 4.74 Å². The van der Waals surface area contributed by atoms with Crippen LogP contribution in [0.4, 0.5) is 0 Å².